The largest absolute Gasteiger partial charge is 0.491 e. The zero-order chi connectivity index (χ0) is 22.8. The Morgan fingerprint density at radius 1 is 1.00 bits per heavy atom. The van der Waals surface area contributed by atoms with E-state index in [-0.39, 0.29) is 19.8 Å². The van der Waals surface area contributed by atoms with E-state index in [1.54, 1.807) is 18.2 Å². The monoisotopic (exact) mass is 439 g/mol. The van der Waals surface area contributed by atoms with Gasteiger partial charge in [0.05, 0.1) is 12.3 Å². The van der Waals surface area contributed by atoms with Crippen molar-refractivity contribution in [1.29, 1.82) is 0 Å². The van der Waals surface area contributed by atoms with Crippen molar-refractivity contribution in [2.24, 2.45) is 0 Å². The second-order valence-corrected chi connectivity index (χ2v) is 7.13. The standard InChI is InChI=1S/C25H29NO6/c1-2-30-23(13-14-27)24(19-9-5-10-20(17-19)31-16-15-28)32-25(29)26-22-12-6-8-18-7-3-4-11-21(18)22/h3-12,17,23-24,27-28H,2,13-16H2,1H3,(H,26,29)/t23-,24-/m0/s1. The van der Waals surface area contributed by atoms with Gasteiger partial charge in [-0.15, -0.1) is 0 Å². The number of anilines is 1. The lowest BCUT2D eigenvalue weighted by atomic mass is 10.0. The molecule has 0 saturated carbocycles. The molecule has 3 aromatic rings. The molecule has 1 amide bonds. The van der Waals surface area contributed by atoms with Crippen LogP contribution in [-0.4, -0.2) is 48.8 Å². The van der Waals surface area contributed by atoms with Crippen LogP contribution in [0.3, 0.4) is 0 Å². The molecule has 7 nitrogen and oxygen atoms in total. The van der Waals surface area contributed by atoms with Crippen LogP contribution in [0, 0.1) is 0 Å². The second kappa shape index (κ2) is 12.0. The predicted octanol–water partition coefficient (Wildman–Crippen LogP) is 4.29. The molecule has 7 heteroatoms. The number of amides is 1. The van der Waals surface area contributed by atoms with Gasteiger partial charge < -0.3 is 24.4 Å². The van der Waals surface area contributed by atoms with Crippen LogP contribution in [0.5, 0.6) is 5.75 Å². The molecule has 0 heterocycles. The lowest BCUT2D eigenvalue weighted by molar-refractivity contribution is -0.0484. The van der Waals surface area contributed by atoms with Gasteiger partial charge in [0.15, 0.2) is 6.10 Å². The highest BCUT2D eigenvalue weighted by Gasteiger charge is 2.28. The van der Waals surface area contributed by atoms with Crippen LogP contribution < -0.4 is 10.1 Å². The lowest BCUT2D eigenvalue weighted by Crippen LogP contribution is -2.29. The van der Waals surface area contributed by atoms with E-state index in [0.29, 0.717) is 30.0 Å². The third-order valence-corrected chi connectivity index (χ3v) is 4.94. The van der Waals surface area contributed by atoms with Gasteiger partial charge in [-0.25, -0.2) is 4.79 Å². The van der Waals surface area contributed by atoms with Crippen molar-refractivity contribution in [1.82, 2.24) is 0 Å². The number of aliphatic hydroxyl groups is 2. The summed E-state index contributed by atoms with van der Waals surface area (Å²) in [6.45, 7) is 2.18. The number of aliphatic hydroxyl groups excluding tert-OH is 2. The topological polar surface area (TPSA) is 97.2 Å². The normalized spacial score (nSPS) is 12.8. The van der Waals surface area contributed by atoms with E-state index in [0.717, 1.165) is 10.8 Å². The molecular formula is C25H29NO6. The van der Waals surface area contributed by atoms with Gasteiger partial charge in [-0.2, -0.15) is 0 Å². The van der Waals surface area contributed by atoms with Crippen LogP contribution in [0.1, 0.15) is 25.0 Å². The van der Waals surface area contributed by atoms with Crippen molar-refractivity contribution in [2.75, 3.05) is 31.7 Å². The third-order valence-electron chi connectivity index (χ3n) is 4.94. The molecule has 2 atom stereocenters. The van der Waals surface area contributed by atoms with Crippen LogP contribution in [0.15, 0.2) is 66.7 Å². The number of ether oxygens (including phenoxy) is 3. The molecule has 0 aromatic heterocycles. The van der Waals surface area contributed by atoms with Crippen LogP contribution >= 0.6 is 0 Å². The fraction of sp³-hybridized carbons (Fsp3) is 0.320. The fourth-order valence-electron chi connectivity index (χ4n) is 3.56. The SMILES string of the molecule is CCO[C@@H](CCO)[C@@H](OC(=O)Nc1cccc2ccccc12)c1cccc(OCCO)c1. The zero-order valence-corrected chi connectivity index (χ0v) is 18.1. The summed E-state index contributed by atoms with van der Waals surface area (Å²) < 4.78 is 17.1. The summed E-state index contributed by atoms with van der Waals surface area (Å²) in [7, 11) is 0. The molecule has 0 radical (unpaired) electrons. The third kappa shape index (κ3) is 6.20. The van der Waals surface area contributed by atoms with Gasteiger partial charge in [0.25, 0.3) is 0 Å². The molecule has 0 fully saturated rings. The Morgan fingerprint density at radius 2 is 1.78 bits per heavy atom. The van der Waals surface area contributed by atoms with Crippen LogP contribution in [0.4, 0.5) is 10.5 Å². The van der Waals surface area contributed by atoms with Crippen molar-refractivity contribution in [3.63, 3.8) is 0 Å². The average Bonchev–Trinajstić information content (AvgIpc) is 2.81. The molecule has 0 aliphatic heterocycles. The van der Waals surface area contributed by atoms with Gasteiger partial charge in [-0.1, -0.05) is 48.5 Å². The van der Waals surface area contributed by atoms with E-state index in [1.165, 1.54) is 0 Å². The predicted molar refractivity (Wildman–Crippen MR) is 123 cm³/mol. The summed E-state index contributed by atoms with van der Waals surface area (Å²) in [6, 6.07) is 20.5. The summed E-state index contributed by atoms with van der Waals surface area (Å²) in [5.41, 5.74) is 1.31. The van der Waals surface area contributed by atoms with Gasteiger partial charge in [-0.05, 0) is 36.1 Å². The smallest absolute Gasteiger partial charge is 0.412 e. The van der Waals surface area contributed by atoms with Gasteiger partial charge in [0.1, 0.15) is 18.5 Å². The molecule has 170 valence electrons. The maximum atomic E-state index is 12.9. The summed E-state index contributed by atoms with van der Waals surface area (Å²) in [4.78, 5) is 12.9. The first-order valence-electron chi connectivity index (χ1n) is 10.7. The molecule has 0 bridgehead atoms. The first-order chi connectivity index (χ1) is 15.7. The fourth-order valence-corrected chi connectivity index (χ4v) is 3.56. The summed E-state index contributed by atoms with van der Waals surface area (Å²) in [5, 5.41) is 23.3. The lowest BCUT2D eigenvalue weighted by Gasteiger charge is -2.27. The summed E-state index contributed by atoms with van der Waals surface area (Å²) in [6.07, 6.45) is -1.65. The molecule has 0 spiro atoms. The maximum absolute atomic E-state index is 12.9. The molecular weight excluding hydrogens is 410 g/mol. The van der Waals surface area contributed by atoms with E-state index >= 15 is 0 Å². The van der Waals surface area contributed by atoms with E-state index in [9.17, 15) is 9.90 Å². The number of rotatable bonds is 11. The van der Waals surface area contributed by atoms with Crippen molar-refractivity contribution in [3.05, 3.63) is 72.3 Å². The molecule has 32 heavy (non-hydrogen) atoms. The van der Waals surface area contributed by atoms with Crippen LogP contribution in [0.2, 0.25) is 0 Å². The molecule has 3 N–H and O–H groups in total. The average molecular weight is 440 g/mol. The number of benzene rings is 3. The van der Waals surface area contributed by atoms with Gasteiger partial charge in [-0.3, -0.25) is 5.32 Å². The van der Waals surface area contributed by atoms with E-state index in [1.807, 2.05) is 55.5 Å². The minimum absolute atomic E-state index is 0.107. The zero-order valence-electron chi connectivity index (χ0n) is 18.1. The van der Waals surface area contributed by atoms with Gasteiger partial charge in [0, 0.05) is 25.0 Å². The minimum Gasteiger partial charge on any atom is -0.491 e. The second-order valence-electron chi connectivity index (χ2n) is 7.13. The Morgan fingerprint density at radius 3 is 2.56 bits per heavy atom. The summed E-state index contributed by atoms with van der Waals surface area (Å²) in [5.74, 6) is 0.541. The molecule has 0 aliphatic carbocycles. The van der Waals surface area contributed by atoms with Crippen molar-refractivity contribution in [3.8, 4) is 5.75 Å². The first kappa shape index (κ1) is 23.5. The molecule has 0 unspecified atom stereocenters. The Balaban J connectivity index is 1.85. The number of hydrogen-bond acceptors (Lipinski definition) is 6. The molecule has 0 aliphatic rings. The van der Waals surface area contributed by atoms with Crippen molar-refractivity contribution in [2.45, 2.75) is 25.6 Å². The van der Waals surface area contributed by atoms with E-state index < -0.39 is 18.3 Å². The number of hydrogen-bond donors (Lipinski definition) is 3. The van der Waals surface area contributed by atoms with Crippen LogP contribution in [-0.2, 0) is 9.47 Å². The Kier molecular flexibility index (Phi) is 8.86. The number of fused-ring (bicyclic) bond motifs is 1. The van der Waals surface area contributed by atoms with Crippen molar-refractivity contribution >= 4 is 22.6 Å². The van der Waals surface area contributed by atoms with E-state index in [4.69, 9.17) is 19.3 Å². The van der Waals surface area contributed by atoms with Crippen molar-refractivity contribution < 1.29 is 29.2 Å². The molecule has 3 rings (SSSR count). The number of carbonyl (C=O) groups is 1. The Bertz CT molecular complexity index is 997. The van der Waals surface area contributed by atoms with Gasteiger partial charge >= 0.3 is 6.09 Å². The maximum Gasteiger partial charge on any atom is 0.412 e. The highest BCUT2D eigenvalue weighted by atomic mass is 16.6. The summed E-state index contributed by atoms with van der Waals surface area (Å²) >= 11 is 0. The van der Waals surface area contributed by atoms with E-state index in [2.05, 4.69) is 5.32 Å². The molecule has 0 saturated heterocycles. The first-order valence-corrected chi connectivity index (χ1v) is 10.7. The Labute approximate surface area is 187 Å². The number of carbonyl (C=O) groups excluding carboxylic acids is 1. The highest BCUT2D eigenvalue weighted by Crippen LogP contribution is 2.30. The quantitative estimate of drug-likeness (QED) is 0.412. The molecule has 3 aromatic carbocycles. The van der Waals surface area contributed by atoms with Gasteiger partial charge in [0.2, 0.25) is 0 Å². The number of nitrogens with one attached hydrogen (secondary N) is 1. The Hall–Kier alpha value is -3.13. The van der Waals surface area contributed by atoms with Crippen LogP contribution in [0.25, 0.3) is 10.8 Å². The highest BCUT2D eigenvalue weighted by molar-refractivity contribution is 6.00. The minimum atomic E-state index is -0.769.